The molecule has 0 saturated heterocycles. The van der Waals surface area contributed by atoms with E-state index < -0.39 is 0 Å². The summed E-state index contributed by atoms with van der Waals surface area (Å²) in [7, 11) is 1.51. The van der Waals surface area contributed by atoms with Crippen molar-refractivity contribution in [2.45, 2.75) is 13.2 Å². The number of rotatable bonds is 6. The summed E-state index contributed by atoms with van der Waals surface area (Å²) >= 11 is 0. The van der Waals surface area contributed by atoms with Crippen molar-refractivity contribution in [3.63, 3.8) is 0 Å². The SMILES string of the molecule is COc1cc(-c2ccc(OCc3ccccc3)c(CO)c2)ccc1O. The molecule has 0 aliphatic rings. The van der Waals surface area contributed by atoms with E-state index in [4.69, 9.17) is 9.47 Å². The van der Waals surface area contributed by atoms with E-state index in [1.54, 1.807) is 18.2 Å². The molecule has 0 bridgehead atoms. The second kappa shape index (κ2) is 7.73. The molecule has 25 heavy (non-hydrogen) atoms. The van der Waals surface area contributed by atoms with Crippen LogP contribution in [-0.2, 0) is 13.2 Å². The Kier molecular flexibility index (Phi) is 5.21. The highest BCUT2D eigenvalue weighted by Crippen LogP contribution is 2.33. The van der Waals surface area contributed by atoms with Crippen LogP contribution in [0.4, 0.5) is 0 Å². The zero-order chi connectivity index (χ0) is 17.6. The van der Waals surface area contributed by atoms with Gasteiger partial charge in [0.25, 0.3) is 0 Å². The molecular weight excluding hydrogens is 316 g/mol. The summed E-state index contributed by atoms with van der Waals surface area (Å²) in [5, 5.41) is 19.4. The van der Waals surface area contributed by atoms with Gasteiger partial charge in [0.15, 0.2) is 11.5 Å². The third kappa shape index (κ3) is 3.92. The molecule has 0 aliphatic heterocycles. The standard InChI is InChI=1S/C21H20O4/c1-24-21-12-17(7-9-19(21)23)16-8-10-20(18(11-16)13-22)25-14-15-5-3-2-4-6-15/h2-12,22-23H,13-14H2,1H3. The first-order valence-electron chi connectivity index (χ1n) is 7.99. The zero-order valence-corrected chi connectivity index (χ0v) is 14.0. The first kappa shape index (κ1) is 16.9. The van der Waals surface area contributed by atoms with Crippen molar-refractivity contribution >= 4 is 0 Å². The van der Waals surface area contributed by atoms with E-state index in [0.717, 1.165) is 16.7 Å². The molecule has 0 saturated carbocycles. The van der Waals surface area contributed by atoms with Crippen LogP contribution in [-0.4, -0.2) is 17.3 Å². The largest absolute Gasteiger partial charge is 0.504 e. The fourth-order valence-corrected chi connectivity index (χ4v) is 2.62. The maximum Gasteiger partial charge on any atom is 0.161 e. The molecule has 0 heterocycles. The van der Waals surface area contributed by atoms with Gasteiger partial charge in [-0.1, -0.05) is 42.5 Å². The van der Waals surface area contributed by atoms with Gasteiger partial charge in [0.2, 0.25) is 0 Å². The van der Waals surface area contributed by atoms with E-state index in [0.29, 0.717) is 23.7 Å². The smallest absolute Gasteiger partial charge is 0.161 e. The van der Waals surface area contributed by atoms with Crippen LogP contribution in [0.1, 0.15) is 11.1 Å². The highest BCUT2D eigenvalue weighted by Gasteiger charge is 2.09. The van der Waals surface area contributed by atoms with Gasteiger partial charge in [-0.2, -0.15) is 0 Å². The van der Waals surface area contributed by atoms with Gasteiger partial charge in [0.05, 0.1) is 13.7 Å². The van der Waals surface area contributed by atoms with E-state index in [1.165, 1.54) is 7.11 Å². The number of benzene rings is 3. The van der Waals surface area contributed by atoms with Gasteiger partial charge >= 0.3 is 0 Å². The average molecular weight is 336 g/mol. The molecule has 2 N–H and O–H groups in total. The number of aliphatic hydroxyl groups excluding tert-OH is 1. The van der Waals surface area contributed by atoms with Gasteiger partial charge in [-0.05, 0) is 41.0 Å². The second-order valence-corrected chi connectivity index (χ2v) is 5.64. The van der Waals surface area contributed by atoms with Crippen LogP contribution in [0.15, 0.2) is 66.7 Å². The number of ether oxygens (including phenoxy) is 2. The van der Waals surface area contributed by atoms with E-state index in [2.05, 4.69) is 0 Å². The van der Waals surface area contributed by atoms with E-state index >= 15 is 0 Å². The molecule has 0 atom stereocenters. The molecule has 0 fully saturated rings. The maximum atomic E-state index is 9.72. The molecule has 128 valence electrons. The molecule has 3 rings (SSSR count). The van der Waals surface area contributed by atoms with E-state index in [9.17, 15) is 10.2 Å². The maximum absolute atomic E-state index is 9.72. The monoisotopic (exact) mass is 336 g/mol. The fourth-order valence-electron chi connectivity index (χ4n) is 2.62. The Morgan fingerprint density at radius 3 is 2.28 bits per heavy atom. The molecule has 0 aromatic heterocycles. The molecule has 0 amide bonds. The van der Waals surface area contributed by atoms with Crippen LogP contribution in [0, 0.1) is 0 Å². The summed E-state index contributed by atoms with van der Waals surface area (Å²) in [6, 6.07) is 20.7. The Balaban J connectivity index is 1.84. The lowest BCUT2D eigenvalue weighted by Gasteiger charge is -2.13. The lowest BCUT2D eigenvalue weighted by atomic mass is 10.0. The number of aliphatic hydroxyl groups is 1. The minimum atomic E-state index is -0.118. The first-order chi connectivity index (χ1) is 12.2. The minimum absolute atomic E-state index is 0.0939. The van der Waals surface area contributed by atoms with Crippen LogP contribution in [0.3, 0.4) is 0 Å². The van der Waals surface area contributed by atoms with Gasteiger partial charge < -0.3 is 19.7 Å². The van der Waals surface area contributed by atoms with Crippen molar-refractivity contribution in [1.29, 1.82) is 0 Å². The first-order valence-corrected chi connectivity index (χ1v) is 7.99. The van der Waals surface area contributed by atoms with Crippen LogP contribution in [0.5, 0.6) is 17.2 Å². The normalized spacial score (nSPS) is 10.5. The van der Waals surface area contributed by atoms with Crippen LogP contribution < -0.4 is 9.47 Å². The van der Waals surface area contributed by atoms with Gasteiger partial charge in [-0.25, -0.2) is 0 Å². The summed E-state index contributed by atoms with van der Waals surface area (Å²) in [4.78, 5) is 0. The number of hydrogen-bond acceptors (Lipinski definition) is 4. The van der Waals surface area contributed by atoms with Crippen molar-refractivity contribution in [3.8, 4) is 28.4 Å². The van der Waals surface area contributed by atoms with Crippen molar-refractivity contribution in [2.75, 3.05) is 7.11 Å². The number of phenolic OH excluding ortho intramolecular Hbond substituents is 1. The van der Waals surface area contributed by atoms with Gasteiger partial charge in [0, 0.05) is 5.56 Å². The van der Waals surface area contributed by atoms with Crippen molar-refractivity contribution in [3.05, 3.63) is 77.9 Å². The second-order valence-electron chi connectivity index (χ2n) is 5.64. The molecule has 0 radical (unpaired) electrons. The minimum Gasteiger partial charge on any atom is -0.504 e. The predicted octanol–water partition coefficient (Wildman–Crippen LogP) is 4.14. The summed E-state index contributed by atoms with van der Waals surface area (Å²) in [6.45, 7) is 0.327. The topological polar surface area (TPSA) is 58.9 Å². The quantitative estimate of drug-likeness (QED) is 0.710. The van der Waals surface area contributed by atoms with Crippen LogP contribution in [0.2, 0.25) is 0 Å². The van der Waals surface area contributed by atoms with Crippen LogP contribution in [0.25, 0.3) is 11.1 Å². The number of methoxy groups -OCH3 is 1. The zero-order valence-electron chi connectivity index (χ0n) is 14.0. The Hall–Kier alpha value is -2.98. The third-order valence-corrected chi connectivity index (χ3v) is 3.98. The highest BCUT2D eigenvalue weighted by atomic mass is 16.5. The van der Waals surface area contributed by atoms with Crippen molar-refractivity contribution < 1.29 is 19.7 Å². The summed E-state index contributed by atoms with van der Waals surface area (Å²) in [6.07, 6.45) is 0. The number of aromatic hydroxyl groups is 1. The number of phenols is 1. The Morgan fingerprint density at radius 2 is 1.56 bits per heavy atom. The molecular formula is C21H20O4. The fraction of sp³-hybridized carbons (Fsp3) is 0.143. The lowest BCUT2D eigenvalue weighted by molar-refractivity contribution is 0.259. The molecule has 3 aromatic carbocycles. The number of hydrogen-bond donors (Lipinski definition) is 2. The van der Waals surface area contributed by atoms with Gasteiger partial charge in [0.1, 0.15) is 12.4 Å². The summed E-state index contributed by atoms with van der Waals surface area (Å²) in [5.74, 6) is 1.16. The third-order valence-electron chi connectivity index (χ3n) is 3.98. The summed E-state index contributed by atoms with van der Waals surface area (Å²) in [5.41, 5.74) is 3.58. The molecule has 0 spiro atoms. The molecule has 4 heteroatoms. The van der Waals surface area contributed by atoms with Gasteiger partial charge in [-0.15, -0.1) is 0 Å². The predicted molar refractivity (Wildman–Crippen MR) is 96.8 cm³/mol. The van der Waals surface area contributed by atoms with E-state index in [1.807, 2.05) is 48.5 Å². The Morgan fingerprint density at radius 1 is 0.840 bits per heavy atom. The van der Waals surface area contributed by atoms with E-state index in [-0.39, 0.29) is 12.4 Å². The van der Waals surface area contributed by atoms with Gasteiger partial charge in [-0.3, -0.25) is 0 Å². The molecule has 3 aromatic rings. The lowest BCUT2D eigenvalue weighted by Crippen LogP contribution is -1.99. The highest BCUT2D eigenvalue weighted by molar-refractivity contribution is 5.68. The Bertz CT molecular complexity index is 844. The van der Waals surface area contributed by atoms with Crippen LogP contribution >= 0.6 is 0 Å². The molecule has 0 unspecified atom stereocenters. The van der Waals surface area contributed by atoms with Crippen molar-refractivity contribution in [2.24, 2.45) is 0 Å². The van der Waals surface area contributed by atoms with Crippen molar-refractivity contribution in [1.82, 2.24) is 0 Å². The average Bonchev–Trinajstić information content (AvgIpc) is 2.67. The summed E-state index contributed by atoms with van der Waals surface area (Å²) < 4.78 is 11.0. The molecule has 4 nitrogen and oxygen atoms in total. The Labute approximate surface area is 146 Å². The molecule has 0 aliphatic carbocycles.